The smallest absolute Gasteiger partial charge is 0.424 e. The van der Waals surface area contributed by atoms with E-state index in [0.717, 1.165) is 17.7 Å². The summed E-state index contributed by atoms with van der Waals surface area (Å²) in [6.07, 6.45) is 2.26. The van der Waals surface area contributed by atoms with Gasteiger partial charge in [-0.25, -0.2) is 23.4 Å². The number of pyridine rings is 1. The molecule has 0 aliphatic carbocycles. The van der Waals surface area contributed by atoms with Crippen LogP contribution in [0, 0.1) is 23.0 Å². The van der Waals surface area contributed by atoms with E-state index >= 15 is 8.78 Å². The molecule has 0 unspecified atom stereocenters. The molecule has 0 atom stereocenters. The number of carbonyl (C=O) groups is 2. The summed E-state index contributed by atoms with van der Waals surface area (Å²) in [4.78, 5) is 33.3. The zero-order chi connectivity index (χ0) is 28.3. The number of unbranched alkanes of at least 4 members (excludes halogenated alkanes) is 1. The van der Waals surface area contributed by atoms with E-state index in [1.165, 1.54) is 12.3 Å². The Bertz CT molecular complexity index is 1330. The average molecular weight is 529 g/mol. The standard InChI is InChI=1S/C27H30F2N4O5/c1-26(2,3)37-24(34)33(25(35)38-27(4,5)6)17-13-18(28)22(19(29)14-17)36-20-10-12-31-23-21(20)16(15-32-23)9-7-8-11-30/h10,12-15H,7-9H2,1-6H3,(H,31,32). The van der Waals surface area contributed by atoms with E-state index in [1.54, 1.807) is 47.7 Å². The van der Waals surface area contributed by atoms with Gasteiger partial charge in [0.2, 0.25) is 0 Å². The third-order valence-corrected chi connectivity index (χ3v) is 4.96. The molecule has 2 amide bonds. The number of hydrogen-bond donors (Lipinski definition) is 1. The summed E-state index contributed by atoms with van der Waals surface area (Å²) in [5, 5.41) is 9.35. The average Bonchev–Trinajstić information content (AvgIpc) is 3.18. The lowest BCUT2D eigenvalue weighted by Gasteiger charge is -2.28. The van der Waals surface area contributed by atoms with Crippen molar-refractivity contribution in [3.05, 3.63) is 47.8 Å². The van der Waals surface area contributed by atoms with Crippen LogP contribution in [0.3, 0.4) is 0 Å². The molecule has 2 aromatic heterocycles. The third-order valence-electron chi connectivity index (χ3n) is 4.96. The lowest BCUT2D eigenvalue weighted by Crippen LogP contribution is -2.43. The van der Waals surface area contributed by atoms with Crippen molar-refractivity contribution in [2.45, 2.75) is 72.0 Å². The number of anilines is 1. The summed E-state index contributed by atoms with van der Waals surface area (Å²) < 4.78 is 46.7. The van der Waals surface area contributed by atoms with Crippen LogP contribution >= 0.6 is 0 Å². The molecule has 2 heterocycles. The summed E-state index contributed by atoms with van der Waals surface area (Å²) in [7, 11) is 0. The summed E-state index contributed by atoms with van der Waals surface area (Å²) in [5.74, 6) is -2.92. The summed E-state index contributed by atoms with van der Waals surface area (Å²) in [6.45, 7) is 9.51. The highest BCUT2D eigenvalue weighted by molar-refractivity contribution is 6.09. The van der Waals surface area contributed by atoms with Crippen LogP contribution in [-0.4, -0.2) is 33.4 Å². The lowest BCUT2D eigenvalue weighted by molar-refractivity contribution is 0.0430. The molecule has 0 saturated heterocycles. The molecule has 3 rings (SSSR count). The van der Waals surface area contributed by atoms with Gasteiger partial charge in [-0.1, -0.05) is 0 Å². The molecule has 0 fully saturated rings. The number of halogens is 2. The minimum atomic E-state index is -1.16. The Morgan fingerprint density at radius 2 is 1.63 bits per heavy atom. The van der Waals surface area contributed by atoms with Crippen molar-refractivity contribution in [3.8, 4) is 17.6 Å². The highest BCUT2D eigenvalue weighted by atomic mass is 19.1. The Morgan fingerprint density at radius 3 is 2.16 bits per heavy atom. The van der Waals surface area contributed by atoms with Gasteiger partial charge >= 0.3 is 12.2 Å². The van der Waals surface area contributed by atoms with Gasteiger partial charge in [0.15, 0.2) is 17.4 Å². The number of aromatic nitrogens is 2. The van der Waals surface area contributed by atoms with Crippen LogP contribution in [0.1, 0.15) is 59.9 Å². The van der Waals surface area contributed by atoms with Gasteiger partial charge in [0, 0.05) is 30.9 Å². The fourth-order valence-corrected chi connectivity index (χ4v) is 3.52. The Hall–Kier alpha value is -4.20. The van der Waals surface area contributed by atoms with Gasteiger partial charge in [-0.05, 0) is 66.0 Å². The molecule has 0 aliphatic rings. The van der Waals surface area contributed by atoms with E-state index in [0.29, 0.717) is 35.2 Å². The molecule has 3 aromatic rings. The molecule has 38 heavy (non-hydrogen) atoms. The number of H-pyrrole nitrogens is 1. The van der Waals surface area contributed by atoms with Gasteiger partial charge in [-0.2, -0.15) is 10.2 Å². The number of carbonyl (C=O) groups excluding carboxylic acids is 2. The monoisotopic (exact) mass is 528 g/mol. The first-order valence-corrected chi connectivity index (χ1v) is 11.9. The second-order valence-electron chi connectivity index (χ2n) is 10.5. The second kappa shape index (κ2) is 11.0. The van der Waals surface area contributed by atoms with Gasteiger partial charge in [-0.15, -0.1) is 0 Å². The zero-order valence-electron chi connectivity index (χ0n) is 22.1. The van der Waals surface area contributed by atoms with Crippen molar-refractivity contribution in [3.63, 3.8) is 0 Å². The molecule has 0 aliphatic heterocycles. The molecule has 11 heteroatoms. The van der Waals surface area contributed by atoms with Crippen LogP contribution in [0.15, 0.2) is 30.6 Å². The third kappa shape index (κ3) is 6.97. The normalized spacial score (nSPS) is 11.7. The summed E-state index contributed by atoms with van der Waals surface area (Å²) in [6, 6.07) is 5.11. The SMILES string of the molecule is CC(C)(C)OC(=O)N(C(=O)OC(C)(C)C)c1cc(F)c(Oc2ccnc3[nH]cc(CCCC#N)c23)c(F)c1. The first-order chi connectivity index (χ1) is 17.7. The topological polar surface area (TPSA) is 118 Å². The molecular weight excluding hydrogens is 498 g/mol. The van der Waals surface area contributed by atoms with Crippen LogP contribution in [0.2, 0.25) is 0 Å². The number of nitrogens with zero attached hydrogens (tertiary/aromatic N) is 3. The Labute approximate surface area is 219 Å². The van der Waals surface area contributed by atoms with Crippen LogP contribution in [0.25, 0.3) is 11.0 Å². The molecule has 0 bridgehead atoms. The van der Waals surface area contributed by atoms with Gasteiger partial charge < -0.3 is 19.2 Å². The van der Waals surface area contributed by atoms with Crippen LogP contribution in [0.4, 0.5) is 24.1 Å². The number of hydrogen-bond acceptors (Lipinski definition) is 7. The van der Waals surface area contributed by atoms with Gasteiger partial charge in [0.05, 0.1) is 17.1 Å². The van der Waals surface area contributed by atoms with E-state index in [4.69, 9.17) is 19.5 Å². The molecule has 1 N–H and O–H groups in total. The number of rotatable bonds is 6. The number of amides is 2. The number of nitrogens with one attached hydrogen (secondary N) is 1. The number of ether oxygens (including phenoxy) is 3. The van der Waals surface area contributed by atoms with E-state index in [1.807, 2.05) is 0 Å². The zero-order valence-corrected chi connectivity index (χ0v) is 22.1. The lowest BCUT2D eigenvalue weighted by atomic mass is 10.1. The van der Waals surface area contributed by atoms with Crippen LogP contribution in [0.5, 0.6) is 11.5 Å². The van der Waals surface area contributed by atoms with Crippen molar-refractivity contribution < 1.29 is 32.6 Å². The molecule has 202 valence electrons. The summed E-state index contributed by atoms with van der Waals surface area (Å²) >= 11 is 0. The minimum absolute atomic E-state index is 0.143. The second-order valence-corrected chi connectivity index (χ2v) is 10.5. The van der Waals surface area contributed by atoms with E-state index in [9.17, 15) is 9.59 Å². The fourth-order valence-electron chi connectivity index (χ4n) is 3.52. The Balaban J connectivity index is 2.00. The first-order valence-electron chi connectivity index (χ1n) is 11.9. The highest BCUT2D eigenvalue weighted by Gasteiger charge is 2.34. The van der Waals surface area contributed by atoms with Crippen LogP contribution in [-0.2, 0) is 15.9 Å². The number of benzene rings is 1. The maximum Gasteiger partial charge on any atom is 0.424 e. The maximum atomic E-state index is 15.3. The molecule has 0 spiro atoms. The van der Waals surface area contributed by atoms with Crippen LogP contribution < -0.4 is 9.64 Å². The number of aromatic amines is 1. The predicted molar refractivity (Wildman–Crippen MR) is 136 cm³/mol. The molecule has 0 radical (unpaired) electrons. The number of imide groups is 1. The first kappa shape index (κ1) is 28.4. The van der Waals surface area contributed by atoms with Crippen molar-refractivity contribution in [1.29, 1.82) is 5.26 Å². The molecule has 0 saturated carbocycles. The van der Waals surface area contributed by atoms with E-state index < -0.39 is 46.5 Å². The van der Waals surface area contributed by atoms with Gasteiger partial charge in [-0.3, -0.25) is 0 Å². The van der Waals surface area contributed by atoms with Crippen molar-refractivity contribution >= 4 is 28.9 Å². The quantitative estimate of drug-likeness (QED) is 0.337. The largest absolute Gasteiger partial charge is 0.450 e. The maximum absolute atomic E-state index is 15.3. The number of nitriles is 1. The van der Waals surface area contributed by atoms with Crippen molar-refractivity contribution in [2.75, 3.05) is 4.90 Å². The minimum Gasteiger partial charge on any atom is -0.450 e. The molecular formula is C27H30F2N4O5. The molecule has 1 aromatic carbocycles. The van der Waals surface area contributed by atoms with Gasteiger partial charge in [0.1, 0.15) is 22.6 Å². The van der Waals surface area contributed by atoms with E-state index in [2.05, 4.69) is 16.0 Å². The van der Waals surface area contributed by atoms with Gasteiger partial charge in [0.25, 0.3) is 0 Å². The predicted octanol–water partition coefficient (Wildman–Crippen LogP) is 7.16. The number of fused-ring (bicyclic) bond motifs is 1. The Morgan fingerprint density at radius 1 is 1.05 bits per heavy atom. The Kier molecular flexibility index (Phi) is 8.25. The van der Waals surface area contributed by atoms with E-state index in [-0.39, 0.29) is 5.75 Å². The summed E-state index contributed by atoms with van der Waals surface area (Å²) in [5.41, 5.74) is -1.20. The highest BCUT2D eigenvalue weighted by Crippen LogP contribution is 2.36. The van der Waals surface area contributed by atoms with Crippen molar-refractivity contribution in [1.82, 2.24) is 9.97 Å². The molecule has 9 nitrogen and oxygen atoms in total. The van der Waals surface area contributed by atoms with Crippen molar-refractivity contribution in [2.24, 2.45) is 0 Å². The number of aryl methyl sites for hydroxylation is 1. The fraction of sp³-hybridized carbons (Fsp3) is 0.407.